The number of nitrogen functional groups attached to an aromatic ring is 1. The maximum absolute atomic E-state index is 11.3. The van der Waals surface area contributed by atoms with E-state index in [0.29, 0.717) is 17.3 Å². The quantitative estimate of drug-likeness (QED) is 0.575. The smallest absolute Gasteiger partial charge is 0.238 e. The fraction of sp³-hybridized carbons (Fsp3) is 0.500. The summed E-state index contributed by atoms with van der Waals surface area (Å²) in [5, 5.41) is 17.4. The average molecular weight is 287 g/mol. The SMILES string of the molecule is CC(C)CC(CO)Nc1cc(S(N)(=O)=O)ccc1N. The number of hydrogen-bond donors (Lipinski definition) is 4. The van der Waals surface area contributed by atoms with E-state index in [1.807, 2.05) is 13.8 Å². The number of benzene rings is 1. The van der Waals surface area contributed by atoms with Crippen LogP contribution >= 0.6 is 0 Å². The Kier molecular flexibility index (Phi) is 5.16. The molecule has 1 unspecified atom stereocenters. The van der Waals surface area contributed by atoms with Gasteiger partial charge in [-0.25, -0.2) is 13.6 Å². The fourth-order valence-corrected chi connectivity index (χ4v) is 2.35. The van der Waals surface area contributed by atoms with Crippen molar-refractivity contribution in [2.75, 3.05) is 17.7 Å². The highest BCUT2D eigenvalue weighted by molar-refractivity contribution is 7.89. The molecular weight excluding hydrogens is 266 g/mol. The third-order valence-electron chi connectivity index (χ3n) is 2.69. The number of nitrogens with two attached hydrogens (primary N) is 2. The first kappa shape index (κ1) is 15.7. The van der Waals surface area contributed by atoms with Crippen molar-refractivity contribution in [3.05, 3.63) is 18.2 Å². The summed E-state index contributed by atoms with van der Waals surface area (Å²) in [7, 11) is -3.77. The highest BCUT2D eigenvalue weighted by Crippen LogP contribution is 2.24. The van der Waals surface area contributed by atoms with Crippen LogP contribution in [0.3, 0.4) is 0 Å². The molecule has 1 rings (SSSR count). The third kappa shape index (κ3) is 4.70. The lowest BCUT2D eigenvalue weighted by Crippen LogP contribution is -2.26. The van der Waals surface area contributed by atoms with E-state index in [4.69, 9.17) is 10.9 Å². The van der Waals surface area contributed by atoms with Gasteiger partial charge in [-0.1, -0.05) is 13.8 Å². The van der Waals surface area contributed by atoms with Crippen molar-refractivity contribution in [1.29, 1.82) is 0 Å². The molecule has 0 saturated heterocycles. The molecule has 0 fully saturated rings. The summed E-state index contributed by atoms with van der Waals surface area (Å²) in [6.45, 7) is 4.01. The summed E-state index contributed by atoms with van der Waals surface area (Å²) >= 11 is 0. The van der Waals surface area contributed by atoms with Crippen molar-refractivity contribution in [2.45, 2.75) is 31.2 Å². The van der Waals surface area contributed by atoms with E-state index >= 15 is 0 Å². The Bertz CT molecular complexity index is 529. The van der Waals surface area contributed by atoms with Crippen LogP contribution in [0.4, 0.5) is 11.4 Å². The zero-order chi connectivity index (χ0) is 14.6. The van der Waals surface area contributed by atoms with Crippen LogP contribution in [0.5, 0.6) is 0 Å². The predicted molar refractivity (Wildman–Crippen MR) is 76.2 cm³/mol. The summed E-state index contributed by atoms with van der Waals surface area (Å²) in [6.07, 6.45) is 0.746. The van der Waals surface area contributed by atoms with E-state index in [0.717, 1.165) is 6.42 Å². The van der Waals surface area contributed by atoms with Gasteiger partial charge in [-0.3, -0.25) is 0 Å². The molecule has 0 saturated carbocycles. The normalized spacial score (nSPS) is 13.5. The molecule has 0 aromatic heterocycles. The van der Waals surface area contributed by atoms with Crippen molar-refractivity contribution in [2.24, 2.45) is 11.1 Å². The first-order chi connectivity index (χ1) is 8.74. The van der Waals surface area contributed by atoms with Crippen LogP contribution in [0.1, 0.15) is 20.3 Å². The number of primary sulfonamides is 1. The van der Waals surface area contributed by atoms with Gasteiger partial charge >= 0.3 is 0 Å². The summed E-state index contributed by atoms with van der Waals surface area (Å²) in [6, 6.07) is 4.03. The maximum Gasteiger partial charge on any atom is 0.238 e. The van der Waals surface area contributed by atoms with Crippen molar-refractivity contribution in [1.82, 2.24) is 0 Å². The number of aliphatic hydroxyl groups excluding tert-OH is 1. The molecule has 6 N–H and O–H groups in total. The second-order valence-electron chi connectivity index (χ2n) is 4.95. The molecular formula is C12H21N3O3S. The minimum Gasteiger partial charge on any atom is -0.397 e. The van der Waals surface area contributed by atoms with Crippen LogP contribution < -0.4 is 16.2 Å². The zero-order valence-electron chi connectivity index (χ0n) is 11.1. The van der Waals surface area contributed by atoms with E-state index in [1.165, 1.54) is 18.2 Å². The number of rotatable bonds is 6. The second-order valence-corrected chi connectivity index (χ2v) is 6.51. The fourth-order valence-electron chi connectivity index (χ4n) is 1.81. The van der Waals surface area contributed by atoms with Gasteiger partial charge in [-0.05, 0) is 30.5 Å². The van der Waals surface area contributed by atoms with Gasteiger partial charge in [0.2, 0.25) is 10.0 Å². The Hall–Kier alpha value is -1.31. The largest absolute Gasteiger partial charge is 0.397 e. The minimum atomic E-state index is -3.77. The summed E-state index contributed by atoms with van der Waals surface area (Å²) in [4.78, 5) is -0.00885. The number of anilines is 2. The molecule has 0 bridgehead atoms. The van der Waals surface area contributed by atoms with Crippen LogP contribution in [0.2, 0.25) is 0 Å². The maximum atomic E-state index is 11.3. The van der Waals surface area contributed by atoms with Crippen molar-refractivity contribution < 1.29 is 13.5 Å². The number of aliphatic hydroxyl groups is 1. The highest BCUT2D eigenvalue weighted by atomic mass is 32.2. The van der Waals surface area contributed by atoms with Crippen molar-refractivity contribution >= 4 is 21.4 Å². The highest BCUT2D eigenvalue weighted by Gasteiger charge is 2.14. The lowest BCUT2D eigenvalue weighted by atomic mass is 10.0. The van der Waals surface area contributed by atoms with Gasteiger partial charge in [0.1, 0.15) is 0 Å². The Labute approximate surface area is 113 Å². The number of hydrogen-bond acceptors (Lipinski definition) is 5. The molecule has 0 heterocycles. The van der Waals surface area contributed by atoms with E-state index in [-0.39, 0.29) is 17.5 Å². The molecule has 0 amide bonds. The zero-order valence-corrected chi connectivity index (χ0v) is 11.9. The summed E-state index contributed by atoms with van der Waals surface area (Å²) in [5.74, 6) is 0.396. The first-order valence-electron chi connectivity index (χ1n) is 6.03. The lowest BCUT2D eigenvalue weighted by molar-refractivity contribution is 0.259. The monoisotopic (exact) mass is 287 g/mol. The van der Waals surface area contributed by atoms with Gasteiger partial charge in [0.25, 0.3) is 0 Å². The summed E-state index contributed by atoms with van der Waals surface area (Å²) < 4.78 is 22.6. The molecule has 7 heteroatoms. The van der Waals surface area contributed by atoms with Gasteiger partial charge in [0.15, 0.2) is 0 Å². The van der Waals surface area contributed by atoms with Crippen LogP contribution in [0, 0.1) is 5.92 Å². The van der Waals surface area contributed by atoms with E-state index < -0.39 is 10.0 Å². The molecule has 0 aliphatic rings. The van der Waals surface area contributed by atoms with Gasteiger partial charge in [-0.2, -0.15) is 0 Å². The van der Waals surface area contributed by atoms with Gasteiger partial charge in [-0.15, -0.1) is 0 Å². The number of sulfonamides is 1. The first-order valence-corrected chi connectivity index (χ1v) is 7.58. The predicted octanol–water partition coefficient (Wildman–Crippen LogP) is 0.735. The van der Waals surface area contributed by atoms with Crippen molar-refractivity contribution in [3.8, 4) is 0 Å². The van der Waals surface area contributed by atoms with Gasteiger partial charge < -0.3 is 16.2 Å². The molecule has 0 aliphatic heterocycles. The minimum absolute atomic E-state index is 0.00885. The molecule has 6 nitrogen and oxygen atoms in total. The van der Waals surface area contributed by atoms with E-state index in [1.54, 1.807) is 0 Å². The van der Waals surface area contributed by atoms with Crippen LogP contribution in [0.25, 0.3) is 0 Å². The Morgan fingerprint density at radius 2 is 2.00 bits per heavy atom. The molecule has 1 atom stereocenters. The van der Waals surface area contributed by atoms with Gasteiger partial charge in [0.05, 0.1) is 22.9 Å². The van der Waals surface area contributed by atoms with E-state index in [2.05, 4.69) is 5.32 Å². The van der Waals surface area contributed by atoms with E-state index in [9.17, 15) is 13.5 Å². The topological polar surface area (TPSA) is 118 Å². The number of nitrogens with one attached hydrogen (secondary N) is 1. The Balaban J connectivity index is 2.99. The lowest BCUT2D eigenvalue weighted by Gasteiger charge is -2.21. The summed E-state index contributed by atoms with van der Waals surface area (Å²) in [5.41, 5.74) is 6.66. The molecule has 1 aromatic rings. The molecule has 0 aliphatic carbocycles. The molecule has 1 aromatic carbocycles. The Morgan fingerprint density at radius 3 is 2.47 bits per heavy atom. The van der Waals surface area contributed by atoms with Crippen molar-refractivity contribution in [3.63, 3.8) is 0 Å². The molecule has 19 heavy (non-hydrogen) atoms. The van der Waals surface area contributed by atoms with Crippen LogP contribution in [-0.2, 0) is 10.0 Å². The second kappa shape index (κ2) is 6.23. The Morgan fingerprint density at radius 1 is 1.37 bits per heavy atom. The molecule has 0 spiro atoms. The molecule has 108 valence electrons. The third-order valence-corrected chi connectivity index (χ3v) is 3.60. The molecule has 0 radical (unpaired) electrons. The van der Waals surface area contributed by atoms with Crippen LogP contribution in [0.15, 0.2) is 23.1 Å². The average Bonchev–Trinajstić information content (AvgIpc) is 2.28. The van der Waals surface area contributed by atoms with Crippen LogP contribution in [-0.4, -0.2) is 26.2 Å². The standard InChI is InChI=1S/C12H21N3O3S/c1-8(2)5-9(7-16)15-12-6-10(19(14,17)18)3-4-11(12)13/h3-4,6,8-9,15-16H,5,7,13H2,1-2H3,(H2,14,17,18). The van der Waals surface area contributed by atoms with Gasteiger partial charge in [0, 0.05) is 6.04 Å².